The minimum atomic E-state index is -0.242. The van der Waals surface area contributed by atoms with Crippen LogP contribution >= 0.6 is 11.3 Å². The Morgan fingerprint density at radius 3 is 2.96 bits per heavy atom. The molecule has 0 unspecified atom stereocenters. The van der Waals surface area contributed by atoms with Gasteiger partial charge in [0.1, 0.15) is 6.10 Å². The predicted molar refractivity (Wildman–Crippen MR) is 98.1 cm³/mol. The summed E-state index contributed by atoms with van der Waals surface area (Å²) in [7, 11) is 0. The largest absolute Gasteiger partial charge is 0.371 e. The Morgan fingerprint density at radius 2 is 2.32 bits per heavy atom. The van der Waals surface area contributed by atoms with Crippen molar-refractivity contribution in [3.05, 3.63) is 28.5 Å². The van der Waals surface area contributed by atoms with Crippen molar-refractivity contribution >= 4 is 22.5 Å². The second kappa shape index (κ2) is 7.53. The molecule has 2 amide bonds. The molecule has 3 heterocycles. The molecule has 1 aliphatic heterocycles. The SMILES string of the molecule is CCc1nc(NC(=O)N[C@@H]2CCO[C@H]2c2cnn(C(C)C)c2)sc1C. The van der Waals surface area contributed by atoms with Crippen LogP contribution in [-0.4, -0.2) is 33.4 Å². The van der Waals surface area contributed by atoms with Gasteiger partial charge in [-0.15, -0.1) is 11.3 Å². The standard InChI is InChI=1S/C17H25N5O2S/c1-5-13-11(4)25-17(20-13)21-16(23)19-14-6-7-24-15(14)12-8-18-22(9-12)10(2)3/h8-10,14-15H,5-7H2,1-4H3,(H2,19,20,21,23)/t14-,15+/m1/s1. The van der Waals surface area contributed by atoms with Crippen LogP contribution in [0.15, 0.2) is 12.4 Å². The van der Waals surface area contributed by atoms with Gasteiger partial charge < -0.3 is 10.1 Å². The summed E-state index contributed by atoms with van der Waals surface area (Å²) in [6.07, 6.45) is 5.29. The van der Waals surface area contributed by atoms with E-state index in [9.17, 15) is 4.79 Å². The molecule has 0 spiro atoms. The van der Waals surface area contributed by atoms with Gasteiger partial charge in [0, 0.05) is 29.3 Å². The van der Waals surface area contributed by atoms with Crippen LogP contribution in [0.4, 0.5) is 9.93 Å². The maximum atomic E-state index is 12.3. The number of carbonyl (C=O) groups excluding carboxylic acids is 1. The fourth-order valence-corrected chi connectivity index (χ4v) is 3.86. The molecule has 0 saturated carbocycles. The van der Waals surface area contributed by atoms with Gasteiger partial charge in [-0.3, -0.25) is 10.00 Å². The Hall–Kier alpha value is -1.93. The van der Waals surface area contributed by atoms with Crippen LogP contribution in [0, 0.1) is 6.92 Å². The van der Waals surface area contributed by atoms with E-state index in [0.717, 1.165) is 29.0 Å². The fraction of sp³-hybridized carbons (Fsp3) is 0.588. The molecule has 7 nitrogen and oxygen atoms in total. The zero-order chi connectivity index (χ0) is 18.0. The number of amides is 2. The molecule has 1 aliphatic rings. The van der Waals surface area contributed by atoms with Crippen molar-refractivity contribution in [3.63, 3.8) is 0 Å². The van der Waals surface area contributed by atoms with E-state index in [0.29, 0.717) is 17.8 Å². The fourth-order valence-electron chi connectivity index (χ4n) is 2.96. The van der Waals surface area contributed by atoms with Gasteiger partial charge in [0.05, 0.1) is 17.9 Å². The summed E-state index contributed by atoms with van der Waals surface area (Å²) < 4.78 is 7.73. The van der Waals surface area contributed by atoms with Crippen LogP contribution < -0.4 is 10.6 Å². The second-order valence-corrected chi connectivity index (χ2v) is 7.71. The Labute approximate surface area is 151 Å². The first-order valence-corrected chi connectivity index (χ1v) is 9.49. The van der Waals surface area contributed by atoms with Gasteiger partial charge in [-0.1, -0.05) is 6.92 Å². The normalized spacial score (nSPS) is 20.2. The lowest BCUT2D eigenvalue weighted by Crippen LogP contribution is -2.39. The number of thiazole rings is 1. The third-order valence-electron chi connectivity index (χ3n) is 4.34. The van der Waals surface area contributed by atoms with E-state index in [1.54, 1.807) is 0 Å². The number of nitrogens with one attached hydrogen (secondary N) is 2. The van der Waals surface area contributed by atoms with Crippen molar-refractivity contribution in [2.24, 2.45) is 0 Å². The first-order chi connectivity index (χ1) is 12.0. The molecule has 2 atom stereocenters. The highest BCUT2D eigenvalue weighted by atomic mass is 32.1. The third kappa shape index (κ3) is 4.01. The average molecular weight is 363 g/mol. The van der Waals surface area contributed by atoms with Gasteiger partial charge in [-0.25, -0.2) is 9.78 Å². The molecule has 25 heavy (non-hydrogen) atoms. The van der Waals surface area contributed by atoms with Crippen molar-refractivity contribution < 1.29 is 9.53 Å². The Bertz CT molecular complexity index is 739. The molecule has 3 rings (SSSR count). The topological polar surface area (TPSA) is 81.1 Å². The van der Waals surface area contributed by atoms with Gasteiger partial charge in [-0.2, -0.15) is 5.10 Å². The van der Waals surface area contributed by atoms with E-state index < -0.39 is 0 Å². The summed E-state index contributed by atoms with van der Waals surface area (Å²) in [6, 6.07) is -0.0181. The number of hydrogen-bond acceptors (Lipinski definition) is 5. The maximum absolute atomic E-state index is 12.3. The second-order valence-electron chi connectivity index (χ2n) is 6.51. The van der Waals surface area contributed by atoms with Gasteiger partial charge in [0.25, 0.3) is 0 Å². The van der Waals surface area contributed by atoms with Crippen LogP contribution in [0.25, 0.3) is 0 Å². The molecule has 0 aliphatic carbocycles. The molecule has 2 N–H and O–H groups in total. The monoisotopic (exact) mass is 363 g/mol. The van der Waals surface area contributed by atoms with Gasteiger partial charge in [-0.05, 0) is 33.6 Å². The van der Waals surface area contributed by atoms with Crippen LogP contribution in [0.2, 0.25) is 0 Å². The number of nitrogens with zero attached hydrogens (tertiary/aromatic N) is 3. The predicted octanol–water partition coefficient (Wildman–Crippen LogP) is 3.44. The zero-order valence-corrected chi connectivity index (χ0v) is 15.9. The number of aromatic nitrogens is 3. The van der Waals surface area contributed by atoms with E-state index in [1.165, 1.54) is 11.3 Å². The van der Waals surface area contributed by atoms with Gasteiger partial charge in [0.2, 0.25) is 0 Å². The van der Waals surface area contributed by atoms with Crippen LogP contribution in [0.5, 0.6) is 0 Å². The highest BCUT2D eigenvalue weighted by molar-refractivity contribution is 7.15. The Morgan fingerprint density at radius 1 is 1.52 bits per heavy atom. The minimum absolute atomic E-state index is 0.0727. The van der Waals surface area contributed by atoms with Gasteiger partial charge >= 0.3 is 6.03 Å². The molecule has 1 saturated heterocycles. The molecule has 0 radical (unpaired) electrons. The molecular weight excluding hydrogens is 338 g/mol. The van der Waals surface area contributed by atoms with Crippen LogP contribution in [-0.2, 0) is 11.2 Å². The molecule has 8 heteroatoms. The summed E-state index contributed by atoms with van der Waals surface area (Å²) in [5.41, 5.74) is 2.03. The lowest BCUT2D eigenvalue weighted by atomic mass is 10.1. The van der Waals surface area contributed by atoms with E-state index >= 15 is 0 Å². The number of hydrogen-bond donors (Lipinski definition) is 2. The minimum Gasteiger partial charge on any atom is -0.371 e. The highest BCUT2D eigenvalue weighted by Gasteiger charge is 2.32. The zero-order valence-electron chi connectivity index (χ0n) is 15.1. The maximum Gasteiger partial charge on any atom is 0.321 e. The van der Waals surface area contributed by atoms with E-state index in [1.807, 2.05) is 24.0 Å². The van der Waals surface area contributed by atoms with Crippen molar-refractivity contribution in [2.75, 3.05) is 11.9 Å². The molecular formula is C17H25N5O2S. The van der Waals surface area contributed by atoms with Crippen LogP contribution in [0.3, 0.4) is 0 Å². The molecule has 0 aromatic carbocycles. The van der Waals surface area contributed by atoms with Crippen molar-refractivity contribution in [2.45, 2.75) is 58.7 Å². The first kappa shape index (κ1) is 17.9. The Kier molecular flexibility index (Phi) is 5.39. The first-order valence-electron chi connectivity index (χ1n) is 8.67. The summed E-state index contributed by atoms with van der Waals surface area (Å²) in [5, 5.41) is 10.9. The lowest BCUT2D eigenvalue weighted by Gasteiger charge is -2.18. The molecule has 0 bridgehead atoms. The molecule has 2 aromatic heterocycles. The highest BCUT2D eigenvalue weighted by Crippen LogP contribution is 2.29. The summed E-state index contributed by atoms with van der Waals surface area (Å²) in [4.78, 5) is 17.9. The van der Waals surface area contributed by atoms with Crippen molar-refractivity contribution in [1.82, 2.24) is 20.1 Å². The summed E-state index contributed by atoms with van der Waals surface area (Å²) in [6.45, 7) is 8.86. The van der Waals surface area contributed by atoms with Gasteiger partial charge in [0.15, 0.2) is 5.13 Å². The lowest BCUT2D eigenvalue weighted by molar-refractivity contribution is 0.100. The van der Waals surface area contributed by atoms with E-state index in [-0.39, 0.29) is 18.2 Å². The molecule has 136 valence electrons. The Balaban J connectivity index is 1.63. The van der Waals surface area contributed by atoms with Crippen molar-refractivity contribution in [1.29, 1.82) is 0 Å². The summed E-state index contributed by atoms with van der Waals surface area (Å²) in [5.74, 6) is 0. The number of carbonyl (C=O) groups is 1. The average Bonchev–Trinajstić information content (AvgIpc) is 3.26. The van der Waals surface area contributed by atoms with E-state index in [4.69, 9.17) is 4.74 Å². The van der Waals surface area contributed by atoms with Crippen LogP contribution in [0.1, 0.15) is 55.5 Å². The number of anilines is 1. The number of ether oxygens (including phenoxy) is 1. The quantitative estimate of drug-likeness (QED) is 0.853. The third-order valence-corrected chi connectivity index (χ3v) is 5.26. The van der Waals surface area contributed by atoms with Crippen molar-refractivity contribution in [3.8, 4) is 0 Å². The smallest absolute Gasteiger partial charge is 0.321 e. The number of urea groups is 1. The summed E-state index contributed by atoms with van der Waals surface area (Å²) >= 11 is 1.50. The molecule has 2 aromatic rings. The molecule has 1 fully saturated rings. The number of rotatable bonds is 5. The number of aryl methyl sites for hydroxylation is 2. The van der Waals surface area contributed by atoms with E-state index in [2.05, 4.69) is 41.5 Å².